The lowest BCUT2D eigenvalue weighted by Gasteiger charge is -2.13. The van der Waals surface area contributed by atoms with Crippen LogP contribution in [-0.2, 0) is 6.54 Å². The summed E-state index contributed by atoms with van der Waals surface area (Å²) in [6.45, 7) is 3.30. The van der Waals surface area contributed by atoms with Gasteiger partial charge in [-0.25, -0.2) is 0 Å². The minimum Gasteiger partial charge on any atom is -0.396 e. The van der Waals surface area contributed by atoms with Crippen molar-refractivity contribution in [3.05, 3.63) is 36.0 Å². The van der Waals surface area contributed by atoms with Gasteiger partial charge in [0.05, 0.1) is 0 Å². The van der Waals surface area contributed by atoms with Crippen LogP contribution in [0.3, 0.4) is 0 Å². The van der Waals surface area contributed by atoms with Crippen molar-refractivity contribution in [1.29, 1.82) is 0 Å². The van der Waals surface area contributed by atoms with E-state index in [9.17, 15) is 0 Å². The molecule has 0 spiro atoms. The number of benzene rings is 1. The SMILES string of the molecule is CC(CCCO)NCc1cccc2cc[nH]c12. The van der Waals surface area contributed by atoms with Gasteiger partial charge < -0.3 is 15.4 Å². The van der Waals surface area contributed by atoms with Crippen LogP contribution in [0.1, 0.15) is 25.3 Å². The number of para-hydroxylation sites is 1. The van der Waals surface area contributed by atoms with Crippen LogP contribution >= 0.6 is 0 Å². The first kappa shape index (κ1) is 12.1. The average molecular weight is 232 g/mol. The van der Waals surface area contributed by atoms with Gasteiger partial charge in [-0.2, -0.15) is 0 Å². The Morgan fingerprint density at radius 3 is 3.06 bits per heavy atom. The lowest BCUT2D eigenvalue weighted by atomic mass is 10.1. The molecule has 92 valence electrons. The Balaban J connectivity index is 1.96. The third kappa shape index (κ3) is 3.08. The standard InChI is InChI=1S/C14H20N2O/c1-11(4-3-9-17)16-10-13-6-2-5-12-7-8-15-14(12)13/h2,5-8,11,15-17H,3-4,9-10H2,1H3. The van der Waals surface area contributed by atoms with Crippen LogP contribution in [-0.4, -0.2) is 22.7 Å². The number of aromatic amines is 1. The fourth-order valence-electron chi connectivity index (χ4n) is 2.08. The molecule has 1 unspecified atom stereocenters. The largest absolute Gasteiger partial charge is 0.396 e. The number of aliphatic hydroxyl groups excluding tert-OH is 1. The van der Waals surface area contributed by atoms with Crippen LogP contribution in [0.15, 0.2) is 30.5 Å². The van der Waals surface area contributed by atoms with Gasteiger partial charge in [0, 0.05) is 30.9 Å². The number of fused-ring (bicyclic) bond motifs is 1. The molecule has 0 aliphatic heterocycles. The molecule has 1 atom stereocenters. The van der Waals surface area contributed by atoms with Crippen molar-refractivity contribution in [3.8, 4) is 0 Å². The molecule has 0 saturated carbocycles. The van der Waals surface area contributed by atoms with E-state index in [-0.39, 0.29) is 6.61 Å². The first-order chi connectivity index (χ1) is 8.31. The number of aliphatic hydroxyl groups is 1. The summed E-state index contributed by atoms with van der Waals surface area (Å²) in [7, 11) is 0. The maximum atomic E-state index is 8.78. The van der Waals surface area contributed by atoms with E-state index in [1.807, 2.05) is 6.20 Å². The van der Waals surface area contributed by atoms with E-state index in [4.69, 9.17) is 5.11 Å². The van der Waals surface area contributed by atoms with Crippen LogP contribution in [0.25, 0.3) is 10.9 Å². The van der Waals surface area contributed by atoms with E-state index >= 15 is 0 Å². The maximum absolute atomic E-state index is 8.78. The summed E-state index contributed by atoms with van der Waals surface area (Å²) in [4.78, 5) is 3.28. The van der Waals surface area contributed by atoms with Crippen LogP contribution in [0, 0.1) is 0 Å². The van der Waals surface area contributed by atoms with Gasteiger partial charge in [-0.05, 0) is 36.8 Å². The van der Waals surface area contributed by atoms with Crippen molar-refractivity contribution >= 4 is 10.9 Å². The Hall–Kier alpha value is -1.32. The van der Waals surface area contributed by atoms with E-state index in [2.05, 4.69) is 41.5 Å². The smallest absolute Gasteiger partial charge is 0.0499 e. The molecular weight excluding hydrogens is 212 g/mol. The second kappa shape index (κ2) is 5.84. The molecule has 3 nitrogen and oxygen atoms in total. The lowest BCUT2D eigenvalue weighted by Crippen LogP contribution is -2.25. The van der Waals surface area contributed by atoms with E-state index < -0.39 is 0 Å². The molecule has 0 bridgehead atoms. The average Bonchev–Trinajstić information content (AvgIpc) is 2.82. The van der Waals surface area contributed by atoms with Crippen LogP contribution < -0.4 is 5.32 Å². The first-order valence-corrected chi connectivity index (χ1v) is 6.20. The van der Waals surface area contributed by atoms with Gasteiger partial charge in [0.25, 0.3) is 0 Å². The predicted octanol–water partition coefficient (Wildman–Crippen LogP) is 2.42. The Labute approximate surface area is 102 Å². The quantitative estimate of drug-likeness (QED) is 0.716. The molecule has 0 aliphatic rings. The minimum atomic E-state index is 0.276. The Morgan fingerprint density at radius 1 is 1.35 bits per heavy atom. The van der Waals surface area contributed by atoms with Crippen molar-refractivity contribution in [2.75, 3.05) is 6.61 Å². The van der Waals surface area contributed by atoms with E-state index in [0.29, 0.717) is 6.04 Å². The number of hydrogen-bond acceptors (Lipinski definition) is 2. The number of rotatable bonds is 6. The summed E-state index contributed by atoms with van der Waals surface area (Å²) >= 11 is 0. The summed E-state index contributed by atoms with van der Waals surface area (Å²) < 4.78 is 0. The van der Waals surface area contributed by atoms with E-state index in [1.54, 1.807) is 0 Å². The highest BCUT2D eigenvalue weighted by Gasteiger charge is 2.04. The Bertz CT molecular complexity index is 464. The molecule has 0 amide bonds. The number of hydrogen-bond donors (Lipinski definition) is 3. The van der Waals surface area contributed by atoms with Gasteiger partial charge in [0.1, 0.15) is 0 Å². The fourth-order valence-corrected chi connectivity index (χ4v) is 2.08. The number of aromatic nitrogens is 1. The second-order valence-corrected chi connectivity index (χ2v) is 4.51. The van der Waals surface area contributed by atoms with E-state index in [1.165, 1.54) is 16.5 Å². The van der Waals surface area contributed by atoms with Crippen LogP contribution in [0.4, 0.5) is 0 Å². The van der Waals surface area contributed by atoms with Gasteiger partial charge in [-0.3, -0.25) is 0 Å². The Kier molecular flexibility index (Phi) is 4.18. The third-order valence-electron chi connectivity index (χ3n) is 3.11. The molecule has 3 N–H and O–H groups in total. The van der Waals surface area contributed by atoms with Crippen molar-refractivity contribution in [1.82, 2.24) is 10.3 Å². The number of nitrogens with one attached hydrogen (secondary N) is 2. The molecule has 0 aliphatic carbocycles. The summed E-state index contributed by atoms with van der Waals surface area (Å²) in [6, 6.07) is 8.88. The summed E-state index contributed by atoms with van der Waals surface area (Å²) in [5, 5.41) is 13.5. The highest BCUT2D eigenvalue weighted by Crippen LogP contribution is 2.16. The monoisotopic (exact) mass is 232 g/mol. The molecule has 2 aromatic rings. The van der Waals surface area contributed by atoms with Gasteiger partial charge in [-0.15, -0.1) is 0 Å². The third-order valence-corrected chi connectivity index (χ3v) is 3.11. The second-order valence-electron chi connectivity index (χ2n) is 4.51. The highest BCUT2D eigenvalue weighted by atomic mass is 16.2. The zero-order chi connectivity index (χ0) is 12.1. The highest BCUT2D eigenvalue weighted by molar-refractivity contribution is 5.82. The van der Waals surface area contributed by atoms with Gasteiger partial charge in [0.15, 0.2) is 0 Å². The van der Waals surface area contributed by atoms with Crippen molar-refractivity contribution in [2.45, 2.75) is 32.4 Å². The minimum absolute atomic E-state index is 0.276. The normalized spacial score (nSPS) is 13.1. The zero-order valence-electron chi connectivity index (χ0n) is 10.2. The molecule has 1 aromatic carbocycles. The van der Waals surface area contributed by atoms with Crippen LogP contribution in [0.2, 0.25) is 0 Å². The lowest BCUT2D eigenvalue weighted by molar-refractivity contribution is 0.276. The van der Waals surface area contributed by atoms with Gasteiger partial charge >= 0.3 is 0 Å². The molecule has 0 saturated heterocycles. The van der Waals surface area contributed by atoms with Crippen molar-refractivity contribution in [3.63, 3.8) is 0 Å². The Morgan fingerprint density at radius 2 is 2.24 bits per heavy atom. The molecular formula is C14H20N2O. The summed E-state index contributed by atoms with van der Waals surface area (Å²) in [5.74, 6) is 0. The summed E-state index contributed by atoms with van der Waals surface area (Å²) in [5.41, 5.74) is 2.51. The molecule has 2 rings (SSSR count). The van der Waals surface area contributed by atoms with Gasteiger partial charge in [0.2, 0.25) is 0 Å². The van der Waals surface area contributed by atoms with Crippen molar-refractivity contribution < 1.29 is 5.11 Å². The van der Waals surface area contributed by atoms with E-state index in [0.717, 1.165) is 19.4 Å². The van der Waals surface area contributed by atoms with Crippen molar-refractivity contribution in [2.24, 2.45) is 0 Å². The number of H-pyrrole nitrogens is 1. The predicted molar refractivity (Wildman–Crippen MR) is 70.9 cm³/mol. The molecule has 17 heavy (non-hydrogen) atoms. The fraction of sp³-hybridized carbons (Fsp3) is 0.429. The molecule has 3 heteroatoms. The maximum Gasteiger partial charge on any atom is 0.0499 e. The molecule has 1 aromatic heterocycles. The zero-order valence-corrected chi connectivity index (χ0v) is 10.2. The van der Waals surface area contributed by atoms with Gasteiger partial charge in [-0.1, -0.05) is 18.2 Å². The molecule has 0 radical (unpaired) electrons. The molecule has 0 fully saturated rings. The van der Waals surface area contributed by atoms with Crippen LogP contribution in [0.5, 0.6) is 0 Å². The topological polar surface area (TPSA) is 48.0 Å². The summed E-state index contributed by atoms with van der Waals surface area (Å²) in [6.07, 6.45) is 3.85. The first-order valence-electron chi connectivity index (χ1n) is 6.20. The molecule has 1 heterocycles.